The number of amides is 1. The monoisotopic (exact) mass is 649 g/mol. The van der Waals surface area contributed by atoms with E-state index in [9.17, 15) is 26.4 Å². The lowest BCUT2D eigenvalue weighted by molar-refractivity contribution is -0.118. The summed E-state index contributed by atoms with van der Waals surface area (Å²) in [6, 6.07) is 12.9. The van der Waals surface area contributed by atoms with Crippen LogP contribution in [0, 0.1) is 12.3 Å². The van der Waals surface area contributed by atoms with Crippen LogP contribution in [0.2, 0.25) is 0 Å². The molecule has 0 aromatic heterocycles. The number of carbonyl (C=O) groups is 2. The first-order chi connectivity index (χ1) is 20.6. The molecule has 1 aliphatic rings. The smallest absolute Gasteiger partial charge is 0.419 e. The molecular formula is C31H43N3O8S2. The number of benzene rings is 2. The lowest BCUT2D eigenvalue weighted by Crippen LogP contribution is -2.41. The number of Topliss-reactive ketones (excluding diaryl/α,β-unsaturated/α-hetero) is 1. The average molecular weight is 650 g/mol. The first-order valence-electron chi connectivity index (χ1n) is 14.6. The molecule has 0 aliphatic heterocycles. The van der Waals surface area contributed by atoms with E-state index in [1.807, 2.05) is 38.7 Å². The average Bonchev–Trinajstić information content (AvgIpc) is 2.92. The van der Waals surface area contributed by atoms with Gasteiger partial charge in [0.25, 0.3) is 0 Å². The first-order valence-corrected chi connectivity index (χ1v) is 17.9. The quantitative estimate of drug-likeness (QED) is 0.218. The summed E-state index contributed by atoms with van der Waals surface area (Å²) in [5, 5.41) is 0. The maximum absolute atomic E-state index is 13.8. The van der Waals surface area contributed by atoms with Crippen LogP contribution in [0.25, 0.3) is 0 Å². The maximum atomic E-state index is 13.8. The lowest BCUT2D eigenvalue weighted by Gasteiger charge is -2.35. The molecule has 11 nitrogen and oxygen atoms in total. The van der Waals surface area contributed by atoms with Crippen molar-refractivity contribution < 1.29 is 35.3 Å². The Morgan fingerprint density at radius 3 is 2.30 bits per heavy atom. The third-order valence-electron chi connectivity index (χ3n) is 7.09. The molecule has 0 fully saturated rings. The zero-order chi connectivity index (χ0) is 32.7. The molecule has 0 bridgehead atoms. The lowest BCUT2D eigenvalue weighted by atomic mass is 9.78. The molecule has 44 heavy (non-hydrogen) atoms. The van der Waals surface area contributed by atoms with Crippen LogP contribution in [0.1, 0.15) is 58.9 Å². The van der Waals surface area contributed by atoms with E-state index in [0.29, 0.717) is 30.8 Å². The van der Waals surface area contributed by atoms with E-state index in [0.717, 1.165) is 23.3 Å². The minimum Gasteiger partial charge on any atom is -0.449 e. The van der Waals surface area contributed by atoms with Crippen molar-refractivity contribution in [3.8, 4) is 0 Å². The minimum atomic E-state index is -4.32. The fraction of sp³-hybridized carbons (Fsp3) is 0.484. The molecule has 0 saturated carbocycles. The highest BCUT2D eigenvalue weighted by molar-refractivity contribution is 7.88. The van der Waals surface area contributed by atoms with E-state index < -0.39 is 37.4 Å². The highest BCUT2D eigenvalue weighted by Crippen LogP contribution is 2.42. The Balaban J connectivity index is 2.13. The number of likely N-dealkylation sites (N-methyl/N-ethyl adjacent to an activating group) is 1. The summed E-state index contributed by atoms with van der Waals surface area (Å²) in [6.07, 6.45) is 1.82. The van der Waals surface area contributed by atoms with Gasteiger partial charge in [0, 0.05) is 38.2 Å². The summed E-state index contributed by atoms with van der Waals surface area (Å²) in [4.78, 5) is 30.5. The molecule has 2 aromatic carbocycles. The Hall–Kier alpha value is -3.42. The predicted octanol–water partition coefficient (Wildman–Crippen LogP) is 5.12. The standard InChI is InChI=1S/C31H43N3O8S2/c1-7-9-19-41-30(36)34(26-16-15-24(20-23(26)3)33(8-2)18-17-32-43(6,37)38)29-27(35)21-31(4,5)22-28(29)42-44(39,40)25-13-11-10-12-14-25/h10-16,20,32H,7-9,17-19,21-22H2,1-6H3. The Kier molecular flexibility index (Phi) is 11.6. The van der Waals surface area contributed by atoms with Crippen molar-refractivity contribution >= 4 is 43.4 Å². The highest BCUT2D eigenvalue weighted by Gasteiger charge is 2.41. The summed E-state index contributed by atoms with van der Waals surface area (Å²) in [5.41, 5.74) is 0.921. The van der Waals surface area contributed by atoms with Gasteiger partial charge in [-0.2, -0.15) is 8.42 Å². The first kappa shape index (κ1) is 35.1. The van der Waals surface area contributed by atoms with Crippen molar-refractivity contribution in [1.29, 1.82) is 0 Å². The van der Waals surface area contributed by atoms with Gasteiger partial charge in [-0.3, -0.25) is 4.79 Å². The number of aryl methyl sites for hydroxylation is 1. The normalized spacial score (nSPS) is 15.2. The van der Waals surface area contributed by atoms with Crippen molar-refractivity contribution in [1.82, 2.24) is 4.72 Å². The number of rotatable bonds is 14. The molecule has 2 aromatic rings. The number of carbonyl (C=O) groups excluding carboxylic acids is 2. The number of ketones is 1. The zero-order valence-electron chi connectivity index (χ0n) is 26.3. The topological polar surface area (TPSA) is 139 Å². The molecule has 0 unspecified atom stereocenters. The van der Waals surface area contributed by atoms with Crippen molar-refractivity contribution in [2.75, 3.05) is 42.3 Å². The van der Waals surface area contributed by atoms with Crippen LogP contribution in [0.5, 0.6) is 0 Å². The molecule has 1 aliphatic carbocycles. The van der Waals surface area contributed by atoms with Crippen LogP contribution in [-0.4, -0.2) is 61.2 Å². The highest BCUT2D eigenvalue weighted by atomic mass is 32.2. The van der Waals surface area contributed by atoms with Crippen LogP contribution in [0.3, 0.4) is 0 Å². The number of sulfonamides is 1. The molecular weight excluding hydrogens is 606 g/mol. The molecule has 0 heterocycles. The molecule has 13 heteroatoms. The van der Waals surface area contributed by atoms with E-state index in [2.05, 4.69) is 4.72 Å². The number of ether oxygens (including phenoxy) is 1. The van der Waals surface area contributed by atoms with Gasteiger partial charge in [0.1, 0.15) is 16.4 Å². The van der Waals surface area contributed by atoms with Crippen LogP contribution in [0.15, 0.2) is 64.9 Å². The van der Waals surface area contributed by atoms with E-state index in [1.165, 1.54) is 12.1 Å². The number of unbranched alkanes of at least 4 members (excludes halogenated alkanes) is 1. The van der Waals surface area contributed by atoms with Crippen LogP contribution in [0.4, 0.5) is 16.2 Å². The fourth-order valence-corrected chi connectivity index (χ4v) is 6.39. The van der Waals surface area contributed by atoms with Crippen molar-refractivity contribution in [3.63, 3.8) is 0 Å². The van der Waals surface area contributed by atoms with E-state index in [4.69, 9.17) is 8.92 Å². The third-order valence-corrected chi connectivity index (χ3v) is 9.09. The van der Waals surface area contributed by atoms with Crippen LogP contribution in [-0.2, 0) is 33.9 Å². The number of allylic oxidation sites excluding steroid dienone is 2. The second-order valence-electron chi connectivity index (χ2n) is 11.6. The van der Waals surface area contributed by atoms with E-state index in [-0.39, 0.29) is 42.3 Å². The molecule has 3 rings (SSSR count). The van der Waals surface area contributed by atoms with Gasteiger partial charge in [-0.15, -0.1) is 0 Å². The summed E-state index contributed by atoms with van der Waals surface area (Å²) in [6.45, 7) is 10.6. The van der Waals surface area contributed by atoms with E-state index in [1.54, 1.807) is 37.3 Å². The van der Waals surface area contributed by atoms with Gasteiger partial charge >= 0.3 is 16.2 Å². The number of hydrogen-bond acceptors (Lipinski definition) is 9. The molecule has 0 radical (unpaired) electrons. The second-order valence-corrected chi connectivity index (χ2v) is 15.0. The van der Waals surface area contributed by atoms with Gasteiger partial charge in [0.2, 0.25) is 10.0 Å². The number of nitrogens with zero attached hydrogens (tertiary/aromatic N) is 2. The van der Waals surface area contributed by atoms with Gasteiger partial charge < -0.3 is 13.8 Å². The van der Waals surface area contributed by atoms with Crippen molar-refractivity contribution in [2.24, 2.45) is 5.41 Å². The molecule has 0 saturated heterocycles. The molecule has 242 valence electrons. The summed E-state index contributed by atoms with van der Waals surface area (Å²) < 4.78 is 63.4. The molecule has 0 atom stereocenters. The number of hydrogen-bond donors (Lipinski definition) is 1. The second kappa shape index (κ2) is 14.6. The summed E-state index contributed by atoms with van der Waals surface area (Å²) in [5.74, 6) is -0.578. The van der Waals surface area contributed by atoms with Gasteiger partial charge in [-0.1, -0.05) is 45.4 Å². The van der Waals surface area contributed by atoms with Gasteiger partial charge in [0.05, 0.1) is 18.6 Å². The van der Waals surface area contributed by atoms with Gasteiger partial charge in [-0.05, 0) is 61.6 Å². The number of anilines is 2. The Morgan fingerprint density at radius 1 is 1.02 bits per heavy atom. The largest absolute Gasteiger partial charge is 0.449 e. The predicted molar refractivity (Wildman–Crippen MR) is 170 cm³/mol. The minimum absolute atomic E-state index is 0.0629. The summed E-state index contributed by atoms with van der Waals surface area (Å²) in [7, 11) is -7.67. The molecule has 0 spiro atoms. The zero-order valence-corrected chi connectivity index (χ0v) is 27.9. The fourth-order valence-electron chi connectivity index (χ4n) is 4.94. The van der Waals surface area contributed by atoms with Crippen molar-refractivity contribution in [3.05, 3.63) is 65.6 Å². The Labute approximate surface area is 261 Å². The van der Waals surface area contributed by atoms with Crippen LogP contribution < -0.4 is 14.5 Å². The molecule has 1 amide bonds. The van der Waals surface area contributed by atoms with Crippen LogP contribution >= 0.6 is 0 Å². The Morgan fingerprint density at radius 2 is 1.70 bits per heavy atom. The maximum Gasteiger partial charge on any atom is 0.419 e. The van der Waals surface area contributed by atoms with E-state index >= 15 is 0 Å². The van der Waals surface area contributed by atoms with Gasteiger partial charge in [0.15, 0.2) is 5.78 Å². The molecule has 1 N–H and O–H groups in total. The summed E-state index contributed by atoms with van der Waals surface area (Å²) >= 11 is 0. The van der Waals surface area contributed by atoms with Gasteiger partial charge in [-0.25, -0.2) is 22.8 Å². The SMILES string of the molecule is CCCCOC(=O)N(C1=C(OS(=O)(=O)c2ccccc2)CC(C)(C)CC1=O)c1ccc(N(CC)CCNS(C)(=O)=O)cc1C. The number of nitrogens with one attached hydrogen (secondary N) is 1. The Bertz CT molecular complexity index is 1590. The third kappa shape index (κ3) is 9.29. The van der Waals surface area contributed by atoms with Crippen molar-refractivity contribution in [2.45, 2.75) is 65.2 Å².